The van der Waals surface area contributed by atoms with Gasteiger partial charge in [-0.15, -0.1) is 0 Å². The summed E-state index contributed by atoms with van der Waals surface area (Å²) in [4.78, 5) is 0. The van der Waals surface area contributed by atoms with Crippen molar-refractivity contribution in [2.45, 2.75) is 24.7 Å². The Morgan fingerprint density at radius 1 is 1.17 bits per heavy atom. The highest BCUT2D eigenvalue weighted by Crippen LogP contribution is 2.37. The van der Waals surface area contributed by atoms with Crippen molar-refractivity contribution < 1.29 is 4.74 Å². The molecular weight excluding hydrogens is 379 g/mol. The Balaban J connectivity index is 2.83. The number of rotatable bonds is 8. The molecular formula is C14H19Br2ClO. The van der Waals surface area contributed by atoms with Gasteiger partial charge in [0.15, 0.2) is 0 Å². The lowest BCUT2D eigenvalue weighted by molar-refractivity contribution is 0.190. The summed E-state index contributed by atoms with van der Waals surface area (Å²) >= 11 is 13.6. The fraction of sp³-hybridized carbons (Fsp3) is 0.571. The van der Waals surface area contributed by atoms with Gasteiger partial charge in [0, 0.05) is 34.8 Å². The van der Waals surface area contributed by atoms with Crippen LogP contribution in [0.5, 0.6) is 0 Å². The normalized spacial score (nSPS) is 11.8. The van der Waals surface area contributed by atoms with Gasteiger partial charge in [-0.1, -0.05) is 68.1 Å². The minimum atomic E-state index is 0.0616. The molecule has 0 heterocycles. The summed E-state index contributed by atoms with van der Waals surface area (Å²) in [6, 6.07) is 8.12. The van der Waals surface area contributed by atoms with Crippen molar-refractivity contribution in [2.24, 2.45) is 0 Å². The van der Waals surface area contributed by atoms with Crippen molar-refractivity contribution in [3.63, 3.8) is 0 Å². The standard InChI is InChI=1S/C14H19Br2ClO/c1-18-9-5-4-8-14(10-15,11-16)12-6-2-3-7-13(12)17/h2-3,6-7H,4-5,8-11H2,1H3. The second-order valence-electron chi connectivity index (χ2n) is 4.48. The number of ether oxygens (including phenoxy) is 1. The van der Waals surface area contributed by atoms with Gasteiger partial charge in [-0.2, -0.15) is 0 Å². The monoisotopic (exact) mass is 396 g/mol. The number of alkyl halides is 2. The maximum Gasteiger partial charge on any atom is 0.0462 e. The van der Waals surface area contributed by atoms with E-state index in [1.807, 2.05) is 12.1 Å². The van der Waals surface area contributed by atoms with Gasteiger partial charge in [0.1, 0.15) is 0 Å². The molecule has 1 nitrogen and oxygen atoms in total. The fourth-order valence-electron chi connectivity index (χ4n) is 2.05. The topological polar surface area (TPSA) is 9.23 Å². The highest BCUT2D eigenvalue weighted by Gasteiger charge is 2.31. The van der Waals surface area contributed by atoms with Crippen molar-refractivity contribution in [1.29, 1.82) is 0 Å². The van der Waals surface area contributed by atoms with E-state index in [4.69, 9.17) is 16.3 Å². The smallest absolute Gasteiger partial charge is 0.0462 e. The van der Waals surface area contributed by atoms with E-state index >= 15 is 0 Å². The molecule has 0 fully saturated rings. The molecule has 18 heavy (non-hydrogen) atoms. The van der Waals surface area contributed by atoms with E-state index in [9.17, 15) is 0 Å². The van der Waals surface area contributed by atoms with Crippen molar-refractivity contribution in [2.75, 3.05) is 24.4 Å². The maximum atomic E-state index is 6.34. The first-order valence-electron chi connectivity index (χ1n) is 6.06. The molecule has 0 aliphatic rings. The zero-order valence-electron chi connectivity index (χ0n) is 10.6. The SMILES string of the molecule is COCCCCC(CBr)(CBr)c1ccccc1Cl. The summed E-state index contributed by atoms with van der Waals surface area (Å²) in [7, 11) is 1.75. The lowest BCUT2D eigenvalue weighted by atomic mass is 9.80. The second-order valence-corrected chi connectivity index (χ2v) is 6.01. The van der Waals surface area contributed by atoms with E-state index < -0.39 is 0 Å². The third-order valence-corrected chi connectivity index (χ3v) is 5.69. The third kappa shape index (κ3) is 4.22. The summed E-state index contributed by atoms with van der Waals surface area (Å²) < 4.78 is 5.10. The second kappa shape index (κ2) is 8.57. The van der Waals surface area contributed by atoms with Crippen LogP contribution in [-0.2, 0) is 10.2 Å². The number of methoxy groups -OCH3 is 1. The summed E-state index contributed by atoms with van der Waals surface area (Å²) in [5.41, 5.74) is 1.28. The molecule has 0 amide bonds. The predicted molar refractivity (Wildman–Crippen MR) is 86.4 cm³/mol. The fourth-order valence-corrected chi connectivity index (χ4v) is 4.48. The molecule has 102 valence electrons. The molecule has 4 heteroatoms. The summed E-state index contributed by atoms with van der Waals surface area (Å²) in [5.74, 6) is 0. The zero-order chi connectivity index (χ0) is 13.4. The molecule has 0 radical (unpaired) electrons. The van der Waals surface area contributed by atoms with Crippen LogP contribution in [0.15, 0.2) is 24.3 Å². The quantitative estimate of drug-likeness (QED) is 0.433. The Morgan fingerprint density at radius 2 is 1.83 bits per heavy atom. The van der Waals surface area contributed by atoms with Crippen molar-refractivity contribution in [3.8, 4) is 0 Å². The average molecular weight is 399 g/mol. The molecule has 0 aliphatic heterocycles. The maximum absolute atomic E-state index is 6.34. The van der Waals surface area contributed by atoms with Crippen molar-refractivity contribution in [1.82, 2.24) is 0 Å². The van der Waals surface area contributed by atoms with Crippen LogP contribution < -0.4 is 0 Å². The van der Waals surface area contributed by atoms with Crippen molar-refractivity contribution >= 4 is 43.5 Å². The minimum absolute atomic E-state index is 0.0616. The van der Waals surface area contributed by atoms with Crippen LogP contribution in [0.1, 0.15) is 24.8 Å². The van der Waals surface area contributed by atoms with Crippen LogP contribution >= 0.6 is 43.5 Å². The molecule has 1 aromatic carbocycles. The lowest BCUT2D eigenvalue weighted by Crippen LogP contribution is -2.30. The number of halogens is 3. The largest absolute Gasteiger partial charge is 0.385 e. The number of hydrogen-bond acceptors (Lipinski definition) is 1. The Kier molecular flexibility index (Phi) is 7.85. The lowest BCUT2D eigenvalue weighted by Gasteiger charge is -2.31. The Hall–Kier alpha value is 0.430. The first-order valence-corrected chi connectivity index (χ1v) is 8.68. The van der Waals surface area contributed by atoms with Crippen molar-refractivity contribution in [3.05, 3.63) is 34.9 Å². The predicted octanol–water partition coefficient (Wildman–Crippen LogP) is 5.18. The number of hydrogen-bond donors (Lipinski definition) is 0. The first kappa shape index (κ1) is 16.5. The van der Waals surface area contributed by atoms with Crippen LogP contribution in [-0.4, -0.2) is 24.4 Å². The van der Waals surface area contributed by atoms with Crippen LogP contribution in [0, 0.1) is 0 Å². The zero-order valence-corrected chi connectivity index (χ0v) is 14.5. The van der Waals surface area contributed by atoms with Gasteiger partial charge in [-0.3, -0.25) is 0 Å². The van der Waals surface area contributed by atoms with Crippen LogP contribution in [0.2, 0.25) is 5.02 Å². The first-order chi connectivity index (χ1) is 8.70. The Morgan fingerprint density at radius 3 is 2.39 bits per heavy atom. The highest BCUT2D eigenvalue weighted by molar-refractivity contribution is 9.09. The van der Waals surface area contributed by atoms with Crippen LogP contribution in [0.4, 0.5) is 0 Å². The Labute approximate surface area is 132 Å². The average Bonchev–Trinajstić information content (AvgIpc) is 2.41. The summed E-state index contributed by atoms with van der Waals surface area (Å²) in [6.45, 7) is 0.823. The minimum Gasteiger partial charge on any atom is -0.385 e. The molecule has 0 bridgehead atoms. The van der Waals surface area contributed by atoms with Crippen LogP contribution in [0.3, 0.4) is 0 Å². The van der Waals surface area contributed by atoms with E-state index in [0.717, 1.165) is 41.6 Å². The van der Waals surface area contributed by atoms with Gasteiger partial charge in [-0.25, -0.2) is 0 Å². The molecule has 0 unspecified atom stereocenters. The molecule has 0 atom stereocenters. The molecule has 0 saturated carbocycles. The molecule has 0 saturated heterocycles. The molecule has 0 N–H and O–H groups in total. The molecule has 0 aromatic heterocycles. The molecule has 1 rings (SSSR count). The van der Waals surface area contributed by atoms with Gasteiger partial charge in [0.05, 0.1) is 0 Å². The Bertz CT molecular complexity index is 353. The summed E-state index contributed by atoms with van der Waals surface area (Å²) in [6.07, 6.45) is 3.32. The van der Waals surface area contributed by atoms with Crippen LogP contribution in [0.25, 0.3) is 0 Å². The van der Waals surface area contributed by atoms with Gasteiger partial charge >= 0.3 is 0 Å². The van der Waals surface area contributed by atoms with E-state index in [0.29, 0.717) is 0 Å². The van der Waals surface area contributed by atoms with Gasteiger partial charge in [0.2, 0.25) is 0 Å². The van der Waals surface area contributed by atoms with Gasteiger partial charge < -0.3 is 4.74 Å². The van der Waals surface area contributed by atoms with E-state index in [-0.39, 0.29) is 5.41 Å². The van der Waals surface area contributed by atoms with Gasteiger partial charge in [0.25, 0.3) is 0 Å². The molecule has 1 aromatic rings. The van der Waals surface area contributed by atoms with E-state index in [2.05, 4.69) is 44.0 Å². The van der Waals surface area contributed by atoms with E-state index in [1.165, 1.54) is 5.56 Å². The number of benzene rings is 1. The highest BCUT2D eigenvalue weighted by atomic mass is 79.9. The van der Waals surface area contributed by atoms with Gasteiger partial charge in [-0.05, 0) is 24.5 Å². The number of unbranched alkanes of at least 4 members (excludes halogenated alkanes) is 1. The molecule has 0 aliphatic carbocycles. The van der Waals surface area contributed by atoms with E-state index in [1.54, 1.807) is 7.11 Å². The molecule has 0 spiro atoms. The third-order valence-electron chi connectivity index (χ3n) is 3.21. The summed E-state index contributed by atoms with van der Waals surface area (Å²) in [5, 5.41) is 2.66.